The fourth-order valence-electron chi connectivity index (χ4n) is 2.84. The molecule has 2 aromatic carbocycles. The molecule has 0 saturated carbocycles. The van der Waals surface area contributed by atoms with E-state index >= 15 is 0 Å². The molecule has 28 heavy (non-hydrogen) atoms. The molecule has 1 amide bonds. The van der Waals surface area contributed by atoms with Gasteiger partial charge in [0.2, 0.25) is 15.9 Å². The quantitative estimate of drug-likeness (QED) is 0.619. The number of hydrogen-bond acceptors (Lipinski definition) is 5. The Morgan fingerprint density at radius 3 is 2.39 bits per heavy atom. The first-order valence-corrected chi connectivity index (χ1v) is 12.0. The number of carbonyl (C=O) groups excluding carboxylic acids is 1. The average molecular weight is 423 g/mol. The normalized spacial score (nSPS) is 12.3. The van der Waals surface area contributed by atoms with Gasteiger partial charge >= 0.3 is 0 Å². The summed E-state index contributed by atoms with van der Waals surface area (Å²) < 4.78 is 31.6. The molecule has 0 aliphatic carbocycles. The van der Waals surface area contributed by atoms with Gasteiger partial charge in [-0.2, -0.15) is 0 Å². The van der Waals surface area contributed by atoms with Crippen molar-refractivity contribution in [1.82, 2.24) is 0 Å². The fourth-order valence-corrected chi connectivity index (χ4v) is 4.51. The van der Waals surface area contributed by atoms with Crippen LogP contribution in [0.1, 0.15) is 20.3 Å². The van der Waals surface area contributed by atoms with Crippen LogP contribution in [0.4, 0.5) is 11.4 Å². The molecule has 0 bridgehead atoms. The number of nitrogens with zero attached hydrogens (tertiary/aromatic N) is 1. The van der Waals surface area contributed by atoms with E-state index < -0.39 is 16.1 Å². The molecular weight excluding hydrogens is 396 g/mol. The molecule has 0 heterocycles. The van der Waals surface area contributed by atoms with Gasteiger partial charge < -0.3 is 10.1 Å². The zero-order valence-electron chi connectivity index (χ0n) is 16.5. The molecule has 6 nitrogen and oxygen atoms in total. The largest absolute Gasteiger partial charge is 0.494 e. The Balaban J connectivity index is 2.32. The van der Waals surface area contributed by atoms with Crippen LogP contribution in [0.15, 0.2) is 53.4 Å². The van der Waals surface area contributed by atoms with Gasteiger partial charge in [0.05, 0.1) is 18.6 Å². The SMILES string of the molecule is CCOc1ccc(N([C@@H](CC)C(=O)Nc2cccc(SC)c2)S(C)(=O)=O)cc1. The number of hydrogen-bond donors (Lipinski definition) is 1. The molecule has 1 atom stereocenters. The second-order valence-corrected chi connectivity index (χ2v) is 8.87. The highest BCUT2D eigenvalue weighted by molar-refractivity contribution is 7.98. The lowest BCUT2D eigenvalue weighted by molar-refractivity contribution is -0.117. The van der Waals surface area contributed by atoms with E-state index in [1.54, 1.807) is 49.0 Å². The van der Waals surface area contributed by atoms with E-state index in [9.17, 15) is 13.2 Å². The Bertz CT molecular complexity index is 899. The standard InChI is InChI=1S/C20H26N2O4S2/c1-5-19(20(23)21-15-8-7-9-18(14-15)27-3)22(28(4,24)25)16-10-12-17(13-11-16)26-6-2/h7-14,19H,5-6H2,1-4H3,(H,21,23)/t19-/m0/s1. The minimum atomic E-state index is -3.68. The highest BCUT2D eigenvalue weighted by Crippen LogP contribution is 2.26. The summed E-state index contributed by atoms with van der Waals surface area (Å²) in [7, 11) is -3.68. The molecule has 0 radical (unpaired) electrons. The second kappa shape index (κ2) is 9.84. The van der Waals surface area contributed by atoms with Crippen LogP contribution >= 0.6 is 11.8 Å². The summed E-state index contributed by atoms with van der Waals surface area (Å²) in [5.41, 5.74) is 1.06. The Labute approximate surface area is 171 Å². The van der Waals surface area contributed by atoms with Crippen LogP contribution in [0.2, 0.25) is 0 Å². The second-order valence-electron chi connectivity index (χ2n) is 6.13. The Hall–Kier alpha value is -2.19. The molecule has 0 saturated heterocycles. The fraction of sp³-hybridized carbons (Fsp3) is 0.350. The molecule has 0 unspecified atom stereocenters. The molecule has 0 aromatic heterocycles. The average Bonchev–Trinajstić information content (AvgIpc) is 2.66. The number of anilines is 2. The van der Waals surface area contributed by atoms with Crippen LogP contribution in [0, 0.1) is 0 Å². The van der Waals surface area contributed by atoms with Gasteiger partial charge in [0.25, 0.3) is 0 Å². The number of benzene rings is 2. The molecule has 0 aliphatic rings. The molecule has 1 N–H and O–H groups in total. The molecule has 8 heteroatoms. The molecule has 0 spiro atoms. The lowest BCUT2D eigenvalue weighted by atomic mass is 10.1. The highest BCUT2D eigenvalue weighted by atomic mass is 32.2. The zero-order valence-corrected chi connectivity index (χ0v) is 18.1. The third-order valence-corrected chi connectivity index (χ3v) is 5.97. The van der Waals surface area contributed by atoms with Crippen molar-refractivity contribution in [3.8, 4) is 5.75 Å². The van der Waals surface area contributed by atoms with Crippen molar-refractivity contribution >= 4 is 39.1 Å². The van der Waals surface area contributed by atoms with E-state index in [2.05, 4.69) is 5.32 Å². The van der Waals surface area contributed by atoms with Crippen molar-refractivity contribution in [1.29, 1.82) is 0 Å². The van der Waals surface area contributed by atoms with Gasteiger partial charge in [0, 0.05) is 10.6 Å². The van der Waals surface area contributed by atoms with E-state index in [0.29, 0.717) is 30.2 Å². The maximum absolute atomic E-state index is 12.9. The molecular formula is C20H26N2O4S2. The summed E-state index contributed by atoms with van der Waals surface area (Å²) in [6.07, 6.45) is 3.38. The van der Waals surface area contributed by atoms with Gasteiger partial charge in [-0.1, -0.05) is 13.0 Å². The van der Waals surface area contributed by atoms with Crippen LogP contribution in [-0.4, -0.2) is 39.5 Å². The van der Waals surface area contributed by atoms with Crippen molar-refractivity contribution in [2.75, 3.05) is 28.7 Å². The van der Waals surface area contributed by atoms with Gasteiger partial charge in [-0.15, -0.1) is 11.8 Å². The molecule has 2 rings (SSSR count). The van der Waals surface area contributed by atoms with Crippen LogP contribution in [-0.2, 0) is 14.8 Å². The molecule has 152 valence electrons. The predicted octanol–water partition coefficient (Wildman–Crippen LogP) is 3.99. The maximum atomic E-state index is 12.9. The van der Waals surface area contributed by atoms with Gasteiger partial charge in [-0.3, -0.25) is 9.10 Å². The van der Waals surface area contributed by atoms with Crippen LogP contribution in [0.25, 0.3) is 0 Å². The van der Waals surface area contributed by atoms with Crippen LogP contribution < -0.4 is 14.4 Å². The molecule has 0 aliphatic heterocycles. The summed E-state index contributed by atoms with van der Waals surface area (Å²) in [5.74, 6) is 0.270. The van der Waals surface area contributed by atoms with Gasteiger partial charge in [-0.05, 0) is 62.1 Å². The molecule has 2 aromatic rings. The van der Waals surface area contributed by atoms with E-state index in [1.807, 2.05) is 31.4 Å². The van der Waals surface area contributed by atoms with Crippen LogP contribution in [0.3, 0.4) is 0 Å². The van der Waals surface area contributed by atoms with Gasteiger partial charge in [-0.25, -0.2) is 8.42 Å². The summed E-state index contributed by atoms with van der Waals surface area (Å²) in [5, 5.41) is 2.84. The first-order valence-electron chi connectivity index (χ1n) is 8.97. The van der Waals surface area contributed by atoms with E-state index in [-0.39, 0.29) is 5.91 Å². The van der Waals surface area contributed by atoms with Crippen molar-refractivity contribution in [2.24, 2.45) is 0 Å². The number of carbonyl (C=O) groups is 1. The summed E-state index contributed by atoms with van der Waals surface area (Å²) in [4.78, 5) is 13.9. The highest BCUT2D eigenvalue weighted by Gasteiger charge is 2.31. The Morgan fingerprint density at radius 1 is 1.18 bits per heavy atom. The monoisotopic (exact) mass is 422 g/mol. The van der Waals surface area contributed by atoms with E-state index in [4.69, 9.17) is 4.74 Å². The first-order chi connectivity index (χ1) is 13.3. The number of ether oxygens (including phenoxy) is 1. The number of nitrogens with one attached hydrogen (secondary N) is 1. The Morgan fingerprint density at radius 2 is 1.86 bits per heavy atom. The smallest absolute Gasteiger partial charge is 0.248 e. The van der Waals surface area contributed by atoms with Crippen molar-refractivity contribution < 1.29 is 17.9 Å². The third kappa shape index (κ3) is 5.65. The lowest BCUT2D eigenvalue weighted by Gasteiger charge is -2.30. The Kier molecular flexibility index (Phi) is 7.77. The van der Waals surface area contributed by atoms with Gasteiger partial charge in [0.1, 0.15) is 11.8 Å². The third-order valence-electron chi connectivity index (χ3n) is 4.07. The predicted molar refractivity (Wildman–Crippen MR) is 116 cm³/mol. The number of amides is 1. The summed E-state index contributed by atoms with van der Waals surface area (Å²) >= 11 is 1.57. The van der Waals surface area contributed by atoms with Crippen molar-refractivity contribution in [2.45, 2.75) is 31.2 Å². The van der Waals surface area contributed by atoms with E-state index in [1.165, 1.54) is 0 Å². The summed E-state index contributed by atoms with van der Waals surface area (Å²) in [6.45, 7) is 4.18. The minimum Gasteiger partial charge on any atom is -0.494 e. The lowest BCUT2D eigenvalue weighted by Crippen LogP contribution is -2.47. The summed E-state index contributed by atoms with van der Waals surface area (Å²) in [6, 6.07) is 13.3. The van der Waals surface area contributed by atoms with Crippen LogP contribution in [0.5, 0.6) is 5.75 Å². The minimum absolute atomic E-state index is 0.328. The maximum Gasteiger partial charge on any atom is 0.248 e. The van der Waals surface area contributed by atoms with Gasteiger partial charge in [0.15, 0.2) is 0 Å². The van der Waals surface area contributed by atoms with Crippen molar-refractivity contribution in [3.05, 3.63) is 48.5 Å². The zero-order chi connectivity index (χ0) is 20.7. The first kappa shape index (κ1) is 22.1. The van der Waals surface area contributed by atoms with Crippen molar-refractivity contribution in [3.63, 3.8) is 0 Å². The topological polar surface area (TPSA) is 75.7 Å². The number of sulfonamides is 1. The molecule has 0 fully saturated rings. The number of thioether (sulfide) groups is 1. The van der Waals surface area contributed by atoms with E-state index in [0.717, 1.165) is 15.5 Å². The number of rotatable bonds is 9.